The number of hydrogen-bond acceptors (Lipinski definition) is 1. The molecule has 1 N–H and O–H groups in total. The van der Waals surface area contributed by atoms with E-state index < -0.39 is 0 Å². The van der Waals surface area contributed by atoms with Gasteiger partial charge in [-0.3, -0.25) is 0 Å². The fourth-order valence-electron chi connectivity index (χ4n) is 0.372. The minimum absolute atomic E-state index is 0. The molecular formula is C5H11FeNS2. The Morgan fingerprint density at radius 3 is 2.56 bits per heavy atom. The topological polar surface area (TPSA) is 12.0 Å². The number of thiocarbonyl (C=S) groups is 1. The normalized spacial score (nSPS) is 7.78. The van der Waals surface area contributed by atoms with Gasteiger partial charge in [-0.05, 0) is 6.42 Å². The van der Waals surface area contributed by atoms with Gasteiger partial charge >= 0.3 is 0 Å². The third-order valence-electron chi connectivity index (χ3n) is 0.807. The number of unbranched alkanes of at least 4 members (excludes halogenated alkanes) is 1. The van der Waals surface area contributed by atoms with Crippen molar-refractivity contribution in [1.29, 1.82) is 0 Å². The third kappa shape index (κ3) is 12.1. The van der Waals surface area contributed by atoms with Crippen molar-refractivity contribution in [2.75, 3.05) is 6.54 Å². The standard InChI is InChI=1S/C5H11NS2.Fe/c1-2-3-4-6-5(7)8;/h2-4H2,1H3,(H2,6,7,8);. The van der Waals surface area contributed by atoms with Crippen LogP contribution in [0.5, 0.6) is 0 Å². The second-order valence-electron chi connectivity index (χ2n) is 1.59. The molecule has 0 saturated carbocycles. The molecule has 0 bridgehead atoms. The smallest absolute Gasteiger partial charge is 0.130 e. The van der Waals surface area contributed by atoms with Crippen molar-refractivity contribution in [1.82, 2.24) is 5.32 Å². The van der Waals surface area contributed by atoms with E-state index in [1.807, 2.05) is 0 Å². The molecule has 1 nitrogen and oxygen atoms in total. The molecule has 0 aromatic heterocycles. The molecule has 0 atom stereocenters. The van der Waals surface area contributed by atoms with Gasteiger partial charge in [-0.2, -0.15) is 0 Å². The van der Waals surface area contributed by atoms with Crippen LogP contribution in [0.15, 0.2) is 0 Å². The minimum Gasteiger partial charge on any atom is -0.371 e. The quantitative estimate of drug-likeness (QED) is 0.314. The van der Waals surface area contributed by atoms with Gasteiger partial charge in [0.25, 0.3) is 0 Å². The van der Waals surface area contributed by atoms with Crippen molar-refractivity contribution in [2.45, 2.75) is 19.8 Å². The van der Waals surface area contributed by atoms with E-state index in [-0.39, 0.29) is 17.1 Å². The first-order valence-electron chi connectivity index (χ1n) is 2.74. The Kier molecular flexibility index (Phi) is 12.1. The van der Waals surface area contributed by atoms with E-state index in [1.54, 1.807) is 0 Å². The maximum atomic E-state index is 4.66. The maximum Gasteiger partial charge on any atom is 0.130 e. The molecule has 0 aliphatic carbocycles. The summed E-state index contributed by atoms with van der Waals surface area (Å²) in [5, 5.41) is 2.94. The van der Waals surface area contributed by atoms with Crippen molar-refractivity contribution in [3.05, 3.63) is 0 Å². The van der Waals surface area contributed by atoms with E-state index in [4.69, 9.17) is 0 Å². The number of hydrogen-bond donors (Lipinski definition) is 2. The van der Waals surface area contributed by atoms with Crippen LogP contribution in [0.2, 0.25) is 0 Å². The maximum absolute atomic E-state index is 4.66. The van der Waals surface area contributed by atoms with Crippen LogP contribution >= 0.6 is 24.8 Å². The zero-order chi connectivity index (χ0) is 6.41. The van der Waals surface area contributed by atoms with Crippen molar-refractivity contribution in [3.63, 3.8) is 0 Å². The molecule has 56 valence electrons. The molecule has 0 aliphatic heterocycles. The van der Waals surface area contributed by atoms with E-state index >= 15 is 0 Å². The Bertz CT molecular complexity index is 77.4. The molecule has 0 aromatic rings. The molecule has 0 spiro atoms. The molecule has 9 heavy (non-hydrogen) atoms. The van der Waals surface area contributed by atoms with Gasteiger partial charge in [-0.15, -0.1) is 12.6 Å². The van der Waals surface area contributed by atoms with Crippen LogP contribution in [-0.4, -0.2) is 10.9 Å². The van der Waals surface area contributed by atoms with Gasteiger partial charge in [-0.1, -0.05) is 25.6 Å². The van der Waals surface area contributed by atoms with E-state index in [2.05, 4.69) is 37.1 Å². The van der Waals surface area contributed by atoms with Crippen molar-refractivity contribution < 1.29 is 17.1 Å². The summed E-state index contributed by atoms with van der Waals surface area (Å²) in [7, 11) is 0. The van der Waals surface area contributed by atoms with Crippen LogP contribution in [0.3, 0.4) is 0 Å². The first-order valence-corrected chi connectivity index (χ1v) is 3.59. The van der Waals surface area contributed by atoms with E-state index in [0.29, 0.717) is 4.32 Å². The van der Waals surface area contributed by atoms with Gasteiger partial charge in [-0.25, -0.2) is 0 Å². The molecule has 0 rings (SSSR count). The Morgan fingerprint density at radius 2 is 2.22 bits per heavy atom. The SMILES string of the molecule is CCCCNC(=S)S.[Fe]. The molecule has 0 fully saturated rings. The van der Waals surface area contributed by atoms with Crippen LogP contribution in [0.25, 0.3) is 0 Å². The Hall–Kier alpha value is 0.759. The Morgan fingerprint density at radius 1 is 1.67 bits per heavy atom. The fourth-order valence-corrected chi connectivity index (χ4v) is 0.586. The summed E-state index contributed by atoms with van der Waals surface area (Å²) in [4.78, 5) is 0. The van der Waals surface area contributed by atoms with Crippen molar-refractivity contribution >= 4 is 29.2 Å². The van der Waals surface area contributed by atoms with E-state index in [0.717, 1.165) is 6.54 Å². The average molecular weight is 205 g/mol. The Labute approximate surface area is 77.9 Å². The molecule has 4 heteroatoms. The zero-order valence-electron chi connectivity index (χ0n) is 5.33. The second kappa shape index (κ2) is 8.76. The van der Waals surface area contributed by atoms with E-state index in [1.165, 1.54) is 12.8 Å². The molecule has 0 radical (unpaired) electrons. The molecule has 0 unspecified atom stereocenters. The van der Waals surface area contributed by atoms with E-state index in [9.17, 15) is 0 Å². The van der Waals surface area contributed by atoms with Gasteiger partial charge in [0.05, 0.1) is 0 Å². The summed E-state index contributed by atoms with van der Waals surface area (Å²) < 4.78 is 0.596. The second-order valence-corrected chi connectivity index (χ2v) is 2.74. The van der Waals surface area contributed by atoms with Crippen LogP contribution in [-0.2, 0) is 17.1 Å². The fraction of sp³-hybridized carbons (Fsp3) is 0.800. The van der Waals surface area contributed by atoms with Gasteiger partial charge in [0.2, 0.25) is 0 Å². The van der Waals surface area contributed by atoms with Gasteiger partial charge in [0, 0.05) is 23.6 Å². The first-order chi connectivity index (χ1) is 3.77. The first kappa shape index (κ1) is 12.4. The largest absolute Gasteiger partial charge is 0.371 e. The van der Waals surface area contributed by atoms with Crippen LogP contribution < -0.4 is 5.32 Å². The summed E-state index contributed by atoms with van der Waals surface area (Å²) in [6.07, 6.45) is 2.37. The molecule has 0 heterocycles. The monoisotopic (exact) mass is 205 g/mol. The predicted octanol–water partition coefficient (Wildman–Crippen LogP) is 1.59. The minimum atomic E-state index is 0. The summed E-state index contributed by atoms with van der Waals surface area (Å²) in [5.41, 5.74) is 0. The van der Waals surface area contributed by atoms with Gasteiger partial charge < -0.3 is 5.32 Å². The van der Waals surface area contributed by atoms with Crippen molar-refractivity contribution in [2.24, 2.45) is 0 Å². The molecule has 0 saturated heterocycles. The molecule has 0 amide bonds. The zero-order valence-corrected chi connectivity index (χ0v) is 8.15. The van der Waals surface area contributed by atoms with Crippen molar-refractivity contribution in [3.8, 4) is 0 Å². The molecule has 0 aromatic carbocycles. The summed E-state index contributed by atoms with van der Waals surface area (Å²) in [6.45, 7) is 3.10. The molecule has 0 aliphatic rings. The van der Waals surface area contributed by atoms with Crippen LogP contribution in [0.4, 0.5) is 0 Å². The summed E-state index contributed by atoms with van der Waals surface area (Å²) in [6, 6.07) is 0. The predicted molar refractivity (Wildman–Crippen MR) is 44.5 cm³/mol. The van der Waals surface area contributed by atoms with Crippen LogP contribution in [0, 0.1) is 0 Å². The summed E-state index contributed by atoms with van der Waals surface area (Å²) >= 11 is 8.55. The number of thiol groups is 1. The average Bonchev–Trinajstić information content (AvgIpc) is 1.66. The Balaban J connectivity index is 0. The number of nitrogens with one attached hydrogen (secondary N) is 1. The number of rotatable bonds is 3. The summed E-state index contributed by atoms with van der Waals surface area (Å²) in [5.74, 6) is 0. The van der Waals surface area contributed by atoms with Gasteiger partial charge in [0.15, 0.2) is 0 Å². The molecular weight excluding hydrogens is 194 g/mol. The van der Waals surface area contributed by atoms with Crippen LogP contribution in [0.1, 0.15) is 19.8 Å². The third-order valence-corrected chi connectivity index (χ3v) is 1.11. The van der Waals surface area contributed by atoms with Gasteiger partial charge in [0.1, 0.15) is 4.32 Å².